The van der Waals surface area contributed by atoms with Crippen molar-refractivity contribution in [1.29, 1.82) is 0 Å². The maximum Gasteiger partial charge on any atom is 0.328 e. The van der Waals surface area contributed by atoms with Gasteiger partial charge >= 0.3 is 29.8 Å². The van der Waals surface area contributed by atoms with Crippen LogP contribution in [0.4, 0.5) is 0 Å². The number of hydrogen-bond acceptors (Lipinski definition) is 17. The molecular formula is C43H62N10O21. The summed E-state index contributed by atoms with van der Waals surface area (Å²) < 4.78 is 0. The summed E-state index contributed by atoms with van der Waals surface area (Å²) in [6.07, 6.45) is -7.66. The standard InChI is InChI=1S/C43H62N10O21/c1-4-18(2)33(41(71)50-26(16-32(63)64)39(69)51-27(17-54)43(73)74)52-42(72)34(19(3)55)53-40(70)22(12-20-8-6-5-7-9-20)47-37(67)24(14-30(59)60)49-38(68)25(15-31(61)62)48-36(66)23(13-28(45)56)46-35(65)21(44)10-11-29(57)58/h5-9,18-19,21-27,33-34,54-55H,4,10-17,44H2,1-3H3,(H2,45,56)(H,46,65)(H,47,67)(H,48,66)(H,49,68)(H,50,71)(H,51,69)(H,52,72)(H,53,70)(H,57,58)(H,59,60)(H,61,62)(H,63,64)(H,73,74)/t18-,19+,21-,22-,23-,24-,25-,26-,27-,33-,34-/m0/s1. The molecule has 0 aromatic heterocycles. The summed E-state index contributed by atoms with van der Waals surface area (Å²) in [5.74, 6) is -20.7. The Bertz CT molecular complexity index is 2230. The van der Waals surface area contributed by atoms with Gasteiger partial charge in [0, 0.05) is 12.8 Å². The number of rotatable bonds is 34. The molecule has 1 aromatic rings. The van der Waals surface area contributed by atoms with Gasteiger partial charge < -0.3 is 89.7 Å². The van der Waals surface area contributed by atoms with Crippen LogP contribution in [0.3, 0.4) is 0 Å². The molecule has 0 saturated heterocycles. The van der Waals surface area contributed by atoms with Crippen LogP contribution in [0.1, 0.15) is 71.3 Å². The third-order valence-corrected chi connectivity index (χ3v) is 10.6. The summed E-state index contributed by atoms with van der Waals surface area (Å²) in [6, 6.07) is -9.48. The molecule has 0 aliphatic heterocycles. The number of aliphatic carboxylic acids is 5. The molecule has 0 saturated carbocycles. The molecule has 19 N–H and O–H groups in total. The zero-order valence-corrected chi connectivity index (χ0v) is 40.1. The minimum atomic E-state index is -2.18. The van der Waals surface area contributed by atoms with Gasteiger partial charge in [-0.15, -0.1) is 0 Å². The first-order valence-electron chi connectivity index (χ1n) is 22.4. The first-order chi connectivity index (χ1) is 34.5. The van der Waals surface area contributed by atoms with Gasteiger partial charge in [0.2, 0.25) is 53.2 Å². The highest BCUT2D eigenvalue weighted by Crippen LogP contribution is 2.12. The Balaban J connectivity index is 3.56. The van der Waals surface area contributed by atoms with Gasteiger partial charge in [-0.3, -0.25) is 62.3 Å². The summed E-state index contributed by atoms with van der Waals surface area (Å²) >= 11 is 0. The molecule has 74 heavy (non-hydrogen) atoms. The monoisotopic (exact) mass is 1050 g/mol. The highest BCUT2D eigenvalue weighted by Gasteiger charge is 2.38. The lowest BCUT2D eigenvalue weighted by atomic mass is 9.96. The van der Waals surface area contributed by atoms with Crippen molar-refractivity contribution < 1.29 is 103 Å². The normalized spacial score (nSPS) is 15.3. The number of hydrogen-bond donors (Lipinski definition) is 17. The van der Waals surface area contributed by atoms with Gasteiger partial charge in [-0.2, -0.15) is 0 Å². The Hall–Kier alpha value is -8.32. The van der Waals surface area contributed by atoms with E-state index in [0.29, 0.717) is 5.56 Å². The Labute approximate surface area is 420 Å². The summed E-state index contributed by atoms with van der Waals surface area (Å²) in [4.78, 5) is 177. The van der Waals surface area contributed by atoms with Crippen LogP contribution in [0.5, 0.6) is 0 Å². The van der Waals surface area contributed by atoms with Crippen molar-refractivity contribution in [2.24, 2.45) is 17.4 Å². The van der Waals surface area contributed by atoms with Crippen molar-refractivity contribution in [3.63, 3.8) is 0 Å². The Morgan fingerprint density at radius 2 is 0.878 bits per heavy atom. The van der Waals surface area contributed by atoms with Crippen LogP contribution < -0.4 is 54.0 Å². The van der Waals surface area contributed by atoms with Crippen molar-refractivity contribution in [2.45, 2.75) is 133 Å². The summed E-state index contributed by atoms with van der Waals surface area (Å²) in [5, 5.41) is 83.6. The Morgan fingerprint density at radius 1 is 0.500 bits per heavy atom. The van der Waals surface area contributed by atoms with E-state index in [-0.39, 0.29) is 6.42 Å². The number of nitrogens with two attached hydrogens (primary N) is 2. The van der Waals surface area contributed by atoms with E-state index < -0.39 is 201 Å². The third-order valence-electron chi connectivity index (χ3n) is 10.6. The second kappa shape index (κ2) is 31.2. The molecule has 0 bridgehead atoms. The number of carboxylic acid groups (broad SMARTS) is 5. The minimum absolute atomic E-state index is 0.134. The van der Waals surface area contributed by atoms with Crippen molar-refractivity contribution in [3.05, 3.63) is 35.9 Å². The van der Waals surface area contributed by atoms with E-state index in [1.807, 2.05) is 21.3 Å². The first kappa shape index (κ1) is 63.7. The molecule has 410 valence electrons. The minimum Gasteiger partial charge on any atom is -0.481 e. The van der Waals surface area contributed by atoms with Crippen LogP contribution in [-0.2, 0) is 73.5 Å². The second-order valence-corrected chi connectivity index (χ2v) is 16.7. The zero-order valence-electron chi connectivity index (χ0n) is 40.1. The molecule has 0 spiro atoms. The van der Waals surface area contributed by atoms with Crippen molar-refractivity contribution in [2.75, 3.05) is 6.61 Å². The van der Waals surface area contributed by atoms with Gasteiger partial charge in [0.25, 0.3) is 0 Å². The number of carbonyl (C=O) groups excluding carboxylic acids is 9. The quantitative estimate of drug-likeness (QED) is 0.0305. The van der Waals surface area contributed by atoms with Crippen LogP contribution in [-0.4, -0.2) is 186 Å². The highest BCUT2D eigenvalue weighted by atomic mass is 16.4. The number of aliphatic hydroxyl groups is 2. The highest BCUT2D eigenvalue weighted by molar-refractivity contribution is 6.00. The fraction of sp³-hybridized carbons (Fsp3) is 0.535. The fourth-order valence-corrected chi connectivity index (χ4v) is 6.45. The van der Waals surface area contributed by atoms with Gasteiger partial charge in [0.15, 0.2) is 0 Å². The van der Waals surface area contributed by atoms with Crippen LogP contribution in [0.2, 0.25) is 0 Å². The van der Waals surface area contributed by atoms with Crippen molar-refractivity contribution in [1.82, 2.24) is 42.5 Å². The molecule has 0 radical (unpaired) electrons. The lowest BCUT2D eigenvalue weighted by Crippen LogP contribution is -2.63. The van der Waals surface area contributed by atoms with Crippen LogP contribution >= 0.6 is 0 Å². The molecule has 0 aliphatic rings. The Morgan fingerprint density at radius 3 is 1.27 bits per heavy atom. The molecular weight excluding hydrogens is 993 g/mol. The topological polar surface area (TPSA) is 529 Å². The molecule has 1 rings (SSSR count). The first-order valence-corrected chi connectivity index (χ1v) is 22.4. The van der Waals surface area contributed by atoms with Gasteiger partial charge in [-0.1, -0.05) is 50.6 Å². The summed E-state index contributed by atoms with van der Waals surface area (Å²) in [6.45, 7) is 2.94. The SMILES string of the molecule is CC[C@H](C)[C@H](NC(=O)[C@@H](NC(=O)[C@H](Cc1ccccc1)NC(=O)[C@H](CC(=O)O)NC(=O)[C@H](CC(=O)O)NC(=O)[C@H](CC(N)=O)NC(=O)[C@@H](N)CCC(=O)O)[C@@H](C)O)C(=O)N[C@@H](CC(=O)O)C(=O)N[C@@H](CO)C(=O)O. The van der Waals surface area contributed by atoms with Crippen LogP contribution in [0.15, 0.2) is 30.3 Å². The summed E-state index contributed by atoms with van der Waals surface area (Å²) in [5.41, 5.74) is 11.2. The van der Waals surface area contributed by atoms with E-state index >= 15 is 0 Å². The fourth-order valence-electron chi connectivity index (χ4n) is 6.45. The van der Waals surface area contributed by atoms with Gasteiger partial charge in [0.1, 0.15) is 48.3 Å². The molecule has 0 unspecified atom stereocenters. The van der Waals surface area contributed by atoms with E-state index in [9.17, 15) is 97.8 Å². The number of amides is 9. The van der Waals surface area contributed by atoms with Crippen LogP contribution in [0.25, 0.3) is 0 Å². The lowest BCUT2D eigenvalue weighted by molar-refractivity contribution is -0.145. The van der Waals surface area contributed by atoms with E-state index in [1.54, 1.807) is 13.0 Å². The number of nitrogens with one attached hydrogen (secondary N) is 8. The number of primary amides is 1. The van der Waals surface area contributed by atoms with E-state index in [2.05, 4.69) is 21.3 Å². The molecule has 0 fully saturated rings. The number of benzene rings is 1. The Kier molecular flexibility index (Phi) is 26.9. The third kappa shape index (κ3) is 22.8. The molecule has 0 heterocycles. The molecule has 31 nitrogen and oxygen atoms in total. The van der Waals surface area contributed by atoms with Gasteiger partial charge in [-0.05, 0) is 24.8 Å². The van der Waals surface area contributed by atoms with E-state index in [1.165, 1.54) is 31.2 Å². The lowest BCUT2D eigenvalue weighted by Gasteiger charge is -2.30. The predicted molar refractivity (Wildman–Crippen MR) is 247 cm³/mol. The van der Waals surface area contributed by atoms with Crippen LogP contribution in [0, 0.1) is 5.92 Å². The number of aliphatic hydroxyl groups excluding tert-OH is 2. The average molecular weight is 1060 g/mol. The smallest absolute Gasteiger partial charge is 0.328 e. The second-order valence-electron chi connectivity index (χ2n) is 16.7. The number of carbonyl (C=O) groups is 14. The van der Waals surface area contributed by atoms with E-state index in [0.717, 1.165) is 6.92 Å². The van der Waals surface area contributed by atoms with Crippen molar-refractivity contribution in [3.8, 4) is 0 Å². The van der Waals surface area contributed by atoms with Crippen molar-refractivity contribution >= 4 is 83.0 Å². The molecule has 9 amide bonds. The van der Waals surface area contributed by atoms with Gasteiger partial charge in [0.05, 0.1) is 44.4 Å². The summed E-state index contributed by atoms with van der Waals surface area (Å²) in [7, 11) is 0. The van der Waals surface area contributed by atoms with Gasteiger partial charge in [-0.25, -0.2) is 4.79 Å². The molecule has 1 aromatic carbocycles. The molecule has 11 atom stereocenters. The molecule has 0 aliphatic carbocycles. The zero-order chi connectivity index (χ0) is 56.6. The predicted octanol–water partition coefficient (Wildman–Crippen LogP) is -6.90. The maximum atomic E-state index is 14.1. The van der Waals surface area contributed by atoms with E-state index in [4.69, 9.17) is 16.6 Å². The maximum absolute atomic E-state index is 14.1. The molecule has 31 heteroatoms. The number of carboxylic acids is 5. The largest absolute Gasteiger partial charge is 0.481 e. The average Bonchev–Trinajstić information content (AvgIpc) is 3.30.